The molecule has 2 fully saturated rings. The maximum absolute atomic E-state index is 11.2. The first-order chi connectivity index (χ1) is 9.49. The molecular weight excluding hydrogens is 270 g/mol. The molecule has 0 saturated heterocycles. The Balaban J connectivity index is 1.81. The molecule has 4 unspecified atom stereocenters. The van der Waals surface area contributed by atoms with Gasteiger partial charge in [0.2, 0.25) is 0 Å². The molecular formula is C16H31NO2S. The first kappa shape index (κ1) is 16.3. The molecule has 20 heavy (non-hydrogen) atoms. The van der Waals surface area contributed by atoms with E-state index in [1.807, 2.05) is 7.05 Å². The van der Waals surface area contributed by atoms with Gasteiger partial charge >= 0.3 is 0 Å². The van der Waals surface area contributed by atoms with Crippen molar-refractivity contribution in [2.24, 2.45) is 17.8 Å². The molecule has 3 nitrogen and oxygen atoms in total. The summed E-state index contributed by atoms with van der Waals surface area (Å²) in [6.07, 6.45) is 13.0. The van der Waals surface area contributed by atoms with Gasteiger partial charge in [0, 0.05) is 18.1 Å². The third kappa shape index (κ3) is 4.73. The lowest BCUT2D eigenvalue weighted by atomic mass is 9.66. The fourth-order valence-electron chi connectivity index (χ4n) is 4.46. The van der Waals surface area contributed by atoms with Crippen LogP contribution >= 0.6 is 0 Å². The van der Waals surface area contributed by atoms with Crippen LogP contribution in [0.15, 0.2) is 0 Å². The summed E-state index contributed by atoms with van der Waals surface area (Å²) >= 11 is 0. The highest BCUT2D eigenvalue weighted by Crippen LogP contribution is 2.43. The summed E-state index contributed by atoms with van der Waals surface area (Å²) in [5.74, 6) is 3.05. The van der Waals surface area contributed by atoms with Crippen molar-refractivity contribution >= 4 is 9.84 Å². The fraction of sp³-hybridized carbons (Fsp3) is 1.00. The predicted octanol–water partition coefficient (Wildman–Crippen LogP) is 3.01. The van der Waals surface area contributed by atoms with Gasteiger partial charge in [-0.1, -0.05) is 25.7 Å². The van der Waals surface area contributed by atoms with E-state index in [0.29, 0.717) is 11.8 Å². The maximum atomic E-state index is 11.2. The van der Waals surface area contributed by atoms with Gasteiger partial charge in [0.15, 0.2) is 0 Å². The molecule has 0 aromatic heterocycles. The van der Waals surface area contributed by atoms with E-state index in [-0.39, 0.29) is 0 Å². The number of fused-ring (bicyclic) bond motifs is 1. The molecule has 0 aliphatic heterocycles. The van der Waals surface area contributed by atoms with Crippen molar-refractivity contribution in [1.29, 1.82) is 0 Å². The monoisotopic (exact) mass is 301 g/mol. The Hall–Kier alpha value is -0.0900. The zero-order valence-electron chi connectivity index (χ0n) is 13.1. The van der Waals surface area contributed by atoms with Gasteiger partial charge in [0.25, 0.3) is 0 Å². The molecule has 0 amide bonds. The first-order valence-corrected chi connectivity index (χ1v) is 10.4. The van der Waals surface area contributed by atoms with Gasteiger partial charge in [-0.2, -0.15) is 0 Å². The molecule has 0 aromatic carbocycles. The average molecular weight is 301 g/mol. The Morgan fingerprint density at radius 3 is 2.45 bits per heavy atom. The summed E-state index contributed by atoms with van der Waals surface area (Å²) in [6.45, 7) is 0. The Labute approximate surface area is 124 Å². The molecule has 2 aliphatic rings. The summed E-state index contributed by atoms with van der Waals surface area (Å²) < 4.78 is 22.5. The SMILES string of the molecule is CNC(CCCS(C)(=O)=O)C1CCC2CCCCC2C1. The van der Waals surface area contributed by atoms with E-state index in [4.69, 9.17) is 0 Å². The lowest BCUT2D eigenvalue weighted by molar-refractivity contribution is 0.109. The van der Waals surface area contributed by atoms with Crippen LogP contribution in [-0.4, -0.2) is 33.5 Å². The molecule has 0 bridgehead atoms. The maximum Gasteiger partial charge on any atom is 0.147 e. The van der Waals surface area contributed by atoms with E-state index in [0.717, 1.165) is 30.6 Å². The number of nitrogens with one attached hydrogen (secondary N) is 1. The van der Waals surface area contributed by atoms with E-state index in [9.17, 15) is 8.42 Å². The van der Waals surface area contributed by atoms with Crippen molar-refractivity contribution in [1.82, 2.24) is 5.32 Å². The Kier molecular flexibility index (Phi) is 5.91. The highest BCUT2D eigenvalue weighted by atomic mass is 32.2. The van der Waals surface area contributed by atoms with Gasteiger partial charge in [-0.05, 0) is 56.9 Å². The smallest absolute Gasteiger partial charge is 0.147 e. The minimum absolute atomic E-state index is 0.337. The average Bonchev–Trinajstić information content (AvgIpc) is 2.42. The topological polar surface area (TPSA) is 46.2 Å². The van der Waals surface area contributed by atoms with Crippen molar-refractivity contribution in [2.45, 2.75) is 63.8 Å². The minimum Gasteiger partial charge on any atom is -0.317 e. The zero-order chi connectivity index (χ0) is 14.6. The van der Waals surface area contributed by atoms with Gasteiger partial charge in [-0.3, -0.25) is 0 Å². The van der Waals surface area contributed by atoms with E-state index in [1.165, 1.54) is 51.2 Å². The summed E-state index contributed by atoms with van der Waals surface area (Å²) in [6, 6.07) is 0.514. The van der Waals surface area contributed by atoms with Crippen molar-refractivity contribution in [3.63, 3.8) is 0 Å². The van der Waals surface area contributed by atoms with Crippen LogP contribution in [0.1, 0.15) is 57.8 Å². The second-order valence-corrected chi connectivity index (χ2v) is 9.30. The number of hydrogen-bond acceptors (Lipinski definition) is 3. The lowest BCUT2D eigenvalue weighted by Gasteiger charge is -2.42. The van der Waals surface area contributed by atoms with Gasteiger partial charge in [0.05, 0.1) is 0 Å². The fourth-order valence-corrected chi connectivity index (χ4v) is 5.15. The molecule has 0 aromatic rings. The third-order valence-electron chi connectivity index (χ3n) is 5.55. The summed E-state index contributed by atoms with van der Waals surface area (Å²) in [7, 11) is -0.766. The molecule has 4 heteroatoms. The van der Waals surface area contributed by atoms with Crippen LogP contribution < -0.4 is 5.32 Å². The minimum atomic E-state index is -2.81. The van der Waals surface area contributed by atoms with Gasteiger partial charge in [-0.25, -0.2) is 8.42 Å². The Morgan fingerprint density at radius 2 is 1.80 bits per heavy atom. The van der Waals surface area contributed by atoms with Crippen LogP contribution in [-0.2, 0) is 9.84 Å². The quantitative estimate of drug-likeness (QED) is 0.820. The van der Waals surface area contributed by atoms with Gasteiger partial charge in [-0.15, -0.1) is 0 Å². The normalized spacial score (nSPS) is 32.6. The second-order valence-electron chi connectivity index (χ2n) is 7.05. The van der Waals surface area contributed by atoms with Gasteiger partial charge in [0.1, 0.15) is 9.84 Å². The van der Waals surface area contributed by atoms with Crippen molar-refractivity contribution in [3.05, 3.63) is 0 Å². The summed E-state index contributed by atoms with van der Waals surface area (Å²) in [5.41, 5.74) is 0. The van der Waals surface area contributed by atoms with Crippen molar-refractivity contribution < 1.29 is 8.42 Å². The summed E-state index contributed by atoms with van der Waals surface area (Å²) in [5, 5.41) is 3.46. The molecule has 0 radical (unpaired) electrons. The van der Waals surface area contributed by atoms with E-state index >= 15 is 0 Å². The van der Waals surface area contributed by atoms with Crippen LogP contribution in [0.25, 0.3) is 0 Å². The predicted molar refractivity (Wildman–Crippen MR) is 84.6 cm³/mol. The Morgan fingerprint density at radius 1 is 1.10 bits per heavy atom. The van der Waals surface area contributed by atoms with E-state index in [2.05, 4.69) is 5.32 Å². The number of rotatable bonds is 6. The molecule has 2 rings (SSSR count). The largest absolute Gasteiger partial charge is 0.317 e. The molecule has 4 atom stereocenters. The van der Waals surface area contributed by atoms with Crippen LogP contribution in [0.3, 0.4) is 0 Å². The number of hydrogen-bond donors (Lipinski definition) is 1. The highest BCUT2D eigenvalue weighted by molar-refractivity contribution is 7.90. The molecule has 118 valence electrons. The van der Waals surface area contributed by atoms with Crippen LogP contribution in [0, 0.1) is 17.8 Å². The standard InChI is InChI=1S/C16H31NO2S/c1-17-16(8-5-11-20(2,18)19)15-10-9-13-6-3-4-7-14(13)12-15/h13-17H,3-12H2,1-2H3. The molecule has 2 aliphatic carbocycles. The zero-order valence-corrected chi connectivity index (χ0v) is 13.9. The molecule has 0 heterocycles. The lowest BCUT2D eigenvalue weighted by Crippen LogP contribution is -2.39. The van der Waals surface area contributed by atoms with Gasteiger partial charge < -0.3 is 5.32 Å². The van der Waals surface area contributed by atoms with E-state index < -0.39 is 9.84 Å². The molecule has 0 spiro atoms. The van der Waals surface area contributed by atoms with Crippen LogP contribution in [0.5, 0.6) is 0 Å². The van der Waals surface area contributed by atoms with Crippen molar-refractivity contribution in [3.8, 4) is 0 Å². The number of sulfone groups is 1. The van der Waals surface area contributed by atoms with Crippen LogP contribution in [0.2, 0.25) is 0 Å². The van der Waals surface area contributed by atoms with E-state index in [1.54, 1.807) is 0 Å². The molecule has 2 saturated carbocycles. The third-order valence-corrected chi connectivity index (χ3v) is 6.58. The summed E-state index contributed by atoms with van der Waals surface area (Å²) in [4.78, 5) is 0. The molecule has 1 N–H and O–H groups in total. The highest BCUT2D eigenvalue weighted by Gasteiger charge is 2.34. The van der Waals surface area contributed by atoms with Crippen molar-refractivity contribution in [2.75, 3.05) is 19.1 Å². The second kappa shape index (κ2) is 7.26. The van der Waals surface area contributed by atoms with Crippen LogP contribution in [0.4, 0.5) is 0 Å². The first-order valence-electron chi connectivity index (χ1n) is 8.34. The Bertz CT molecular complexity index is 393.